The molecule has 0 fully saturated rings. The maximum atomic E-state index is 12.7. The summed E-state index contributed by atoms with van der Waals surface area (Å²) in [4.78, 5) is 25.3. The molecule has 0 amide bonds. The van der Waals surface area contributed by atoms with Crippen molar-refractivity contribution in [3.63, 3.8) is 0 Å². The number of carbonyl (C=O) groups is 2. The van der Waals surface area contributed by atoms with E-state index in [1.165, 1.54) is 0 Å². The summed E-state index contributed by atoms with van der Waals surface area (Å²) in [6.07, 6.45) is 5.21. The maximum absolute atomic E-state index is 12.7. The Kier molecular flexibility index (Phi) is 12.8. The van der Waals surface area contributed by atoms with Crippen molar-refractivity contribution in [2.45, 2.75) is 25.7 Å². The van der Waals surface area contributed by atoms with Crippen LogP contribution in [0.15, 0.2) is 72.1 Å². The molecule has 194 valence electrons. The molecule has 0 heterocycles. The van der Waals surface area contributed by atoms with Crippen molar-refractivity contribution in [2.75, 3.05) is 40.5 Å². The topological polar surface area (TPSA) is 117 Å². The molecule has 2 rings (SSSR count). The third-order valence-electron chi connectivity index (χ3n) is 5.40. The Morgan fingerprint density at radius 1 is 0.694 bits per heavy atom. The second-order valence-electron chi connectivity index (χ2n) is 8.03. The van der Waals surface area contributed by atoms with Gasteiger partial charge < -0.3 is 30.3 Å². The second kappa shape index (κ2) is 16.1. The van der Waals surface area contributed by atoms with E-state index in [0.717, 1.165) is 11.4 Å². The van der Waals surface area contributed by atoms with Crippen LogP contribution in [0.5, 0.6) is 11.5 Å². The molecule has 2 aromatic carbocycles. The number of hydrogen-bond acceptors (Lipinski definition) is 8. The molecule has 0 atom stereocenters. The molecular weight excluding hydrogens is 460 g/mol. The largest absolute Gasteiger partial charge is 0.497 e. The highest BCUT2D eigenvalue weighted by Gasteiger charge is 2.08. The minimum atomic E-state index is -0.139. The quantitative estimate of drug-likeness (QED) is 0.150. The van der Waals surface area contributed by atoms with Gasteiger partial charge in [-0.05, 0) is 74.2 Å². The minimum absolute atomic E-state index is 0.0233. The fraction of sp³-hybridized carbons (Fsp3) is 0.357. The summed E-state index contributed by atoms with van der Waals surface area (Å²) in [5, 5.41) is 25.0. The standard InChI is InChI=1S/C28H36N2O6/c1-35-25-11-7-21(8-12-25)27(33)19-23(5-3-17-31)29-15-16-30-24(6-4-18-32)20-28(34)22-9-13-26(36-2)14-10-22/h7-14,19-20,29-32H,3-6,15-18H2,1-2H3/b23-19-,24-20-. The highest BCUT2D eigenvalue weighted by Crippen LogP contribution is 2.14. The van der Waals surface area contributed by atoms with E-state index in [2.05, 4.69) is 10.6 Å². The second-order valence-corrected chi connectivity index (χ2v) is 8.03. The Morgan fingerprint density at radius 2 is 1.06 bits per heavy atom. The molecule has 0 saturated heterocycles. The number of rotatable bonds is 17. The molecule has 0 aliphatic heterocycles. The molecule has 8 nitrogen and oxygen atoms in total. The van der Waals surface area contributed by atoms with Crippen LogP contribution < -0.4 is 20.1 Å². The van der Waals surface area contributed by atoms with Gasteiger partial charge in [-0.3, -0.25) is 9.59 Å². The number of nitrogens with one attached hydrogen (secondary N) is 2. The number of hydrogen-bond donors (Lipinski definition) is 4. The zero-order chi connectivity index (χ0) is 26.2. The average Bonchev–Trinajstić information content (AvgIpc) is 2.92. The highest BCUT2D eigenvalue weighted by molar-refractivity contribution is 6.05. The first-order valence-electron chi connectivity index (χ1n) is 12.0. The minimum Gasteiger partial charge on any atom is -0.497 e. The van der Waals surface area contributed by atoms with Crippen LogP contribution in [0, 0.1) is 0 Å². The SMILES string of the molecule is COc1ccc(C(=O)/C=C(/CCCO)NCCN/C(=C\C(=O)c2ccc(OC)cc2)CCCO)cc1. The predicted molar refractivity (Wildman–Crippen MR) is 139 cm³/mol. The summed E-state index contributed by atoms with van der Waals surface area (Å²) in [6.45, 7) is 1.05. The van der Waals surface area contributed by atoms with Gasteiger partial charge in [0.15, 0.2) is 11.6 Å². The Labute approximate surface area is 212 Å². The van der Waals surface area contributed by atoms with E-state index < -0.39 is 0 Å². The summed E-state index contributed by atoms with van der Waals surface area (Å²) in [5.74, 6) is 1.07. The first-order valence-corrected chi connectivity index (χ1v) is 12.0. The monoisotopic (exact) mass is 496 g/mol. The van der Waals surface area contributed by atoms with Crippen molar-refractivity contribution in [3.05, 3.63) is 83.2 Å². The summed E-state index contributed by atoms with van der Waals surface area (Å²) >= 11 is 0. The van der Waals surface area contributed by atoms with Crippen LogP contribution in [0.25, 0.3) is 0 Å². The number of methoxy groups -OCH3 is 2. The molecule has 0 spiro atoms. The molecule has 0 aliphatic carbocycles. The molecular formula is C28H36N2O6. The maximum Gasteiger partial charge on any atom is 0.187 e. The Balaban J connectivity index is 1.99. The van der Waals surface area contributed by atoms with Gasteiger partial charge in [0.25, 0.3) is 0 Å². The highest BCUT2D eigenvalue weighted by atomic mass is 16.5. The van der Waals surface area contributed by atoms with Gasteiger partial charge in [0.2, 0.25) is 0 Å². The van der Waals surface area contributed by atoms with Crippen molar-refractivity contribution in [1.29, 1.82) is 0 Å². The first-order chi connectivity index (χ1) is 17.5. The van der Waals surface area contributed by atoms with Gasteiger partial charge in [0.1, 0.15) is 11.5 Å². The van der Waals surface area contributed by atoms with Crippen LogP contribution in [-0.4, -0.2) is 62.3 Å². The lowest BCUT2D eigenvalue weighted by Gasteiger charge is -2.14. The Hall–Kier alpha value is -3.62. The molecule has 8 heteroatoms. The summed E-state index contributed by atoms with van der Waals surface area (Å²) in [6, 6.07) is 13.8. The molecule has 0 unspecified atom stereocenters. The van der Waals surface area contributed by atoms with Crippen molar-refractivity contribution in [3.8, 4) is 11.5 Å². The van der Waals surface area contributed by atoms with Crippen LogP contribution in [0.3, 0.4) is 0 Å². The number of allylic oxidation sites excluding steroid dienone is 4. The molecule has 2 aromatic rings. The fourth-order valence-electron chi connectivity index (χ4n) is 3.40. The third-order valence-corrected chi connectivity index (χ3v) is 5.40. The van der Waals surface area contributed by atoms with Crippen molar-refractivity contribution in [2.24, 2.45) is 0 Å². The van der Waals surface area contributed by atoms with Crippen molar-refractivity contribution >= 4 is 11.6 Å². The van der Waals surface area contributed by atoms with Gasteiger partial charge in [0.05, 0.1) is 14.2 Å². The molecule has 0 radical (unpaired) electrons. The number of carbonyl (C=O) groups excluding carboxylic acids is 2. The number of ether oxygens (including phenoxy) is 2. The fourth-order valence-corrected chi connectivity index (χ4v) is 3.40. The molecule has 0 bridgehead atoms. The van der Waals surface area contributed by atoms with Crippen LogP contribution >= 0.6 is 0 Å². The summed E-state index contributed by atoms with van der Waals surface area (Å²) < 4.78 is 10.3. The van der Waals surface area contributed by atoms with Gasteiger partial charge in [0, 0.05) is 61.0 Å². The average molecular weight is 497 g/mol. The van der Waals surface area contributed by atoms with E-state index in [1.807, 2.05) is 0 Å². The zero-order valence-corrected chi connectivity index (χ0v) is 21.0. The molecule has 36 heavy (non-hydrogen) atoms. The molecule has 0 aliphatic rings. The van der Waals surface area contributed by atoms with Gasteiger partial charge >= 0.3 is 0 Å². The van der Waals surface area contributed by atoms with Crippen LogP contribution in [0.1, 0.15) is 46.4 Å². The van der Waals surface area contributed by atoms with Crippen molar-refractivity contribution < 1.29 is 29.3 Å². The van der Waals surface area contributed by atoms with E-state index >= 15 is 0 Å². The van der Waals surface area contributed by atoms with Crippen LogP contribution in [-0.2, 0) is 0 Å². The number of ketones is 2. The first kappa shape index (κ1) is 28.6. The zero-order valence-electron chi connectivity index (χ0n) is 21.0. The van der Waals surface area contributed by atoms with E-state index in [4.69, 9.17) is 9.47 Å². The Bertz CT molecular complexity index is 930. The summed E-state index contributed by atoms with van der Waals surface area (Å²) in [7, 11) is 3.14. The smallest absolute Gasteiger partial charge is 0.187 e. The lowest BCUT2D eigenvalue weighted by molar-refractivity contribution is 0.103. The van der Waals surface area contributed by atoms with Gasteiger partial charge in [-0.1, -0.05) is 0 Å². The van der Waals surface area contributed by atoms with Gasteiger partial charge in [-0.15, -0.1) is 0 Å². The number of aliphatic hydroxyl groups excluding tert-OH is 2. The van der Waals surface area contributed by atoms with E-state index in [1.54, 1.807) is 74.9 Å². The van der Waals surface area contributed by atoms with Crippen LogP contribution in [0.2, 0.25) is 0 Å². The lowest BCUT2D eigenvalue weighted by Crippen LogP contribution is -2.27. The van der Waals surface area contributed by atoms with Gasteiger partial charge in [-0.2, -0.15) is 0 Å². The summed E-state index contributed by atoms with van der Waals surface area (Å²) in [5.41, 5.74) is 2.54. The predicted octanol–water partition coefficient (Wildman–Crippen LogP) is 3.26. The normalized spacial score (nSPS) is 11.7. The van der Waals surface area contributed by atoms with Crippen molar-refractivity contribution in [1.82, 2.24) is 10.6 Å². The third kappa shape index (κ3) is 9.93. The van der Waals surface area contributed by atoms with E-state index in [-0.39, 0.29) is 24.8 Å². The molecule has 0 aromatic heterocycles. The van der Waals surface area contributed by atoms with Crippen LogP contribution in [0.4, 0.5) is 0 Å². The molecule has 0 saturated carbocycles. The molecule has 4 N–H and O–H groups in total. The van der Waals surface area contributed by atoms with E-state index in [9.17, 15) is 19.8 Å². The number of benzene rings is 2. The lowest BCUT2D eigenvalue weighted by atomic mass is 10.1. The van der Waals surface area contributed by atoms with E-state index in [0.29, 0.717) is 61.4 Å². The van der Waals surface area contributed by atoms with Gasteiger partial charge in [-0.25, -0.2) is 0 Å². The Morgan fingerprint density at radius 3 is 1.36 bits per heavy atom. The number of aliphatic hydroxyl groups is 2.